The summed E-state index contributed by atoms with van der Waals surface area (Å²) < 4.78 is 0. The van der Waals surface area contributed by atoms with E-state index in [1.165, 1.54) is 88.7 Å². The van der Waals surface area contributed by atoms with E-state index < -0.39 is 5.41 Å². The summed E-state index contributed by atoms with van der Waals surface area (Å²) in [5.74, 6) is 0. The number of rotatable bonds is 7. The zero-order valence-electron chi connectivity index (χ0n) is 35.5. The Morgan fingerprint density at radius 1 is 0.302 bits per heavy atom. The number of anilines is 3. The molecule has 1 heteroatoms. The van der Waals surface area contributed by atoms with Gasteiger partial charge in [0.05, 0.1) is 5.41 Å². The van der Waals surface area contributed by atoms with Crippen LogP contribution in [0.2, 0.25) is 0 Å². The molecule has 298 valence electrons. The van der Waals surface area contributed by atoms with Crippen molar-refractivity contribution in [2.45, 2.75) is 24.7 Å². The Morgan fingerprint density at radius 3 is 1.43 bits per heavy atom. The highest BCUT2D eigenvalue weighted by Gasteiger charge is 2.47. The van der Waals surface area contributed by atoms with Crippen LogP contribution in [-0.2, 0) is 10.8 Å². The van der Waals surface area contributed by atoms with Gasteiger partial charge >= 0.3 is 0 Å². The maximum absolute atomic E-state index is 2.49. The van der Waals surface area contributed by atoms with E-state index in [2.05, 4.69) is 255 Å². The number of nitrogens with zero attached hydrogens (tertiary/aromatic N) is 1. The molecular formula is C62H45N. The van der Waals surface area contributed by atoms with Crippen LogP contribution in [0.5, 0.6) is 0 Å². The third kappa shape index (κ3) is 5.63. The Balaban J connectivity index is 1.16. The fourth-order valence-electron chi connectivity index (χ4n) is 11.1. The summed E-state index contributed by atoms with van der Waals surface area (Å²) in [6.07, 6.45) is 0. The average molecular weight is 804 g/mol. The van der Waals surface area contributed by atoms with Gasteiger partial charge in [-0.25, -0.2) is 0 Å². The van der Waals surface area contributed by atoms with Gasteiger partial charge in [0, 0.05) is 22.5 Å². The quantitative estimate of drug-likeness (QED) is 0.155. The topological polar surface area (TPSA) is 3.24 Å². The van der Waals surface area contributed by atoms with E-state index in [1.54, 1.807) is 0 Å². The molecule has 10 aromatic rings. The van der Waals surface area contributed by atoms with Crippen LogP contribution in [-0.4, -0.2) is 0 Å². The number of fused-ring (bicyclic) bond motifs is 8. The lowest BCUT2D eigenvalue weighted by Gasteiger charge is -2.35. The van der Waals surface area contributed by atoms with Gasteiger partial charge in [-0.3, -0.25) is 0 Å². The van der Waals surface area contributed by atoms with Gasteiger partial charge in [-0.1, -0.05) is 208 Å². The first-order valence-corrected chi connectivity index (χ1v) is 22.1. The molecule has 63 heavy (non-hydrogen) atoms. The van der Waals surface area contributed by atoms with Crippen molar-refractivity contribution in [1.29, 1.82) is 0 Å². The van der Waals surface area contributed by atoms with Crippen molar-refractivity contribution in [2.24, 2.45) is 0 Å². The van der Waals surface area contributed by atoms with Crippen molar-refractivity contribution < 1.29 is 0 Å². The monoisotopic (exact) mass is 803 g/mol. The van der Waals surface area contributed by atoms with E-state index in [4.69, 9.17) is 0 Å². The van der Waals surface area contributed by atoms with Crippen molar-refractivity contribution >= 4 is 27.8 Å². The average Bonchev–Trinajstić information content (AvgIpc) is 3.78. The molecule has 2 aliphatic carbocycles. The molecule has 2 aliphatic rings. The van der Waals surface area contributed by atoms with Crippen LogP contribution in [0.1, 0.15) is 47.2 Å². The molecule has 0 fully saturated rings. The van der Waals surface area contributed by atoms with Crippen molar-refractivity contribution in [3.8, 4) is 44.5 Å². The van der Waals surface area contributed by atoms with Crippen LogP contribution in [0.4, 0.5) is 17.1 Å². The van der Waals surface area contributed by atoms with Gasteiger partial charge in [0.25, 0.3) is 0 Å². The molecule has 0 unspecified atom stereocenters. The predicted octanol–water partition coefficient (Wildman–Crippen LogP) is 16.3. The SMILES string of the molecule is CC1(C)c2ccccc2-c2ccc(N(c3ccc(-c4ccccc4)cc3)c3ccc4c(-c5ccccc5)cc5c(c4c3)C(c3ccccc3)(c3ccccc3)c3ccccc3-5)cc21. The first kappa shape index (κ1) is 37.1. The summed E-state index contributed by atoms with van der Waals surface area (Å²) in [6.45, 7) is 4.74. The lowest BCUT2D eigenvalue weighted by atomic mass is 9.66. The van der Waals surface area contributed by atoms with Gasteiger partial charge in [0.1, 0.15) is 0 Å². The molecule has 0 atom stereocenters. The van der Waals surface area contributed by atoms with Gasteiger partial charge < -0.3 is 4.90 Å². The first-order chi connectivity index (χ1) is 31.0. The fraction of sp³-hybridized carbons (Fsp3) is 0.0645. The summed E-state index contributed by atoms with van der Waals surface area (Å²) in [7, 11) is 0. The Bertz CT molecular complexity index is 3290. The summed E-state index contributed by atoms with van der Waals surface area (Å²) in [4.78, 5) is 2.48. The van der Waals surface area contributed by atoms with Gasteiger partial charge in [-0.15, -0.1) is 0 Å². The number of hydrogen-bond acceptors (Lipinski definition) is 1. The molecule has 0 bridgehead atoms. The predicted molar refractivity (Wildman–Crippen MR) is 264 cm³/mol. The van der Waals surface area contributed by atoms with Crippen molar-refractivity contribution in [1.82, 2.24) is 0 Å². The molecule has 10 aromatic carbocycles. The Labute approximate surface area is 370 Å². The van der Waals surface area contributed by atoms with Gasteiger partial charge in [-0.05, 0) is 131 Å². The summed E-state index contributed by atoms with van der Waals surface area (Å²) in [6, 6.07) is 87.9. The van der Waals surface area contributed by atoms with E-state index in [1.807, 2.05) is 0 Å². The van der Waals surface area contributed by atoms with Crippen LogP contribution < -0.4 is 4.90 Å². The van der Waals surface area contributed by atoms with Crippen LogP contribution in [0.25, 0.3) is 55.3 Å². The van der Waals surface area contributed by atoms with Crippen LogP contribution in [0.3, 0.4) is 0 Å². The van der Waals surface area contributed by atoms with E-state index in [9.17, 15) is 0 Å². The molecule has 0 heterocycles. The second kappa shape index (κ2) is 14.4. The molecule has 1 nitrogen and oxygen atoms in total. The standard InChI is InChI=1S/C62H45N/c1-61(2)57-29-17-15-27-51(57)53-38-36-49(40-59(53)61)63(47-33-31-43(32-34-47)42-19-7-3-8-20-42)48-35-37-50-54(44-21-9-4-10-22-44)41-56-52-28-16-18-30-58(52)62(60(56)55(50)39-48,45-23-11-5-12-24-45)46-25-13-6-14-26-46/h3-41H,1-2H3. The summed E-state index contributed by atoms with van der Waals surface area (Å²) in [5, 5.41) is 2.48. The number of benzene rings is 10. The van der Waals surface area contributed by atoms with Crippen LogP contribution in [0, 0.1) is 0 Å². The molecule has 0 aliphatic heterocycles. The lowest BCUT2D eigenvalue weighted by Crippen LogP contribution is -2.28. The largest absolute Gasteiger partial charge is 0.310 e. The van der Waals surface area contributed by atoms with Gasteiger partial charge in [0.2, 0.25) is 0 Å². The first-order valence-electron chi connectivity index (χ1n) is 22.1. The molecule has 0 spiro atoms. The highest BCUT2D eigenvalue weighted by atomic mass is 15.1. The third-order valence-corrected chi connectivity index (χ3v) is 13.9. The van der Waals surface area contributed by atoms with E-state index in [0.29, 0.717) is 0 Å². The maximum atomic E-state index is 2.49. The molecule has 0 saturated heterocycles. The minimum absolute atomic E-state index is 0.143. The second-order valence-electron chi connectivity index (χ2n) is 17.6. The van der Waals surface area contributed by atoms with E-state index in [0.717, 1.165) is 17.1 Å². The van der Waals surface area contributed by atoms with Crippen LogP contribution in [0.15, 0.2) is 237 Å². The van der Waals surface area contributed by atoms with Crippen molar-refractivity contribution in [2.75, 3.05) is 4.90 Å². The van der Waals surface area contributed by atoms with Crippen LogP contribution >= 0.6 is 0 Å². The Hall–Kier alpha value is -7.74. The van der Waals surface area contributed by atoms with Crippen molar-refractivity contribution in [3.05, 3.63) is 270 Å². The smallest absolute Gasteiger partial charge is 0.0719 e. The maximum Gasteiger partial charge on any atom is 0.0719 e. The summed E-state index contributed by atoms with van der Waals surface area (Å²) >= 11 is 0. The lowest BCUT2D eigenvalue weighted by molar-refractivity contribution is 0.660. The molecule has 0 N–H and O–H groups in total. The highest BCUT2D eigenvalue weighted by Crippen LogP contribution is 2.60. The van der Waals surface area contributed by atoms with Crippen molar-refractivity contribution in [3.63, 3.8) is 0 Å². The Kier molecular flexibility index (Phi) is 8.49. The van der Waals surface area contributed by atoms with E-state index >= 15 is 0 Å². The van der Waals surface area contributed by atoms with Gasteiger partial charge in [0.15, 0.2) is 0 Å². The third-order valence-electron chi connectivity index (χ3n) is 13.9. The summed E-state index contributed by atoms with van der Waals surface area (Å²) in [5.41, 5.74) is 20.6. The van der Waals surface area contributed by atoms with E-state index in [-0.39, 0.29) is 5.41 Å². The zero-order chi connectivity index (χ0) is 42.1. The molecule has 12 rings (SSSR count). The van der Waals surface area contributed by atoms with Gasteiger partial charge in [-0.2, -0.15) is 0 Å². The minimum Gasteiger partial charge on any atom is -0.310 e. The number of hydrogen-bond donors (Lipinski definition) is 0. The fourth-order valence-corrected chi connectivity index (χ4v) is 11.1. The Morgan fingerprint density at radius 2 is 0.778 bits per heavy atom. The highest BCUT2D eigenvalue weighted by molar-refractivity contribution is 6.09. The zero-order valence-corrected chi connectivity index (χ0v) is 35.5. The second-order valence-corrected chi connectivity index (χ2v) is 17.6. The minimum atomic E-state index is -0.563. The molecule has 0 saturated carbocycles. The molecule has 0 radical (unpaired) electrons. The molecule has 0 aromatic heterocycles. The molecular weight excluding hydrogens is 759 g/mol. The molecule has 0 amide bonds. The normalized spacial score (nSPS) is 13.8.